The fourth-order valence-corrected chi connectivity index (χ4v) is 1.79. The van der Waals surface area contributed by atoms with Crippen molar-refractivity contribution in [2.75, 3.05) is 13.1 Å². The smallest absolute Gasteiger partial charge is 0.0384 e. The zero-order valence-corrected chi connectivity index (χ0v) is 7.93. The van der Waals surface area contributed by atoms with Gasteiger partial charge in [0.15, 0.2) is 0 Å². The molecule has 2 heteroatoms. The molecule has 0 spiro atoms. The summed E-state index contributed by atoms with van der Waals surface area (Å²) < 4.78 is 0. The lowest BCUT2D eigenvalue weighted by Gasteiger charge is -2.48. The standard InChI is InChI=1S/C9H20N2/c1-4-5-8(2)11-6-9(3,10)7-11/h8H,4-7,10H2,1-3H3. The Hall–Kier alpha value is -0.0800. The number of rotatable bonds is 3. The molecule has 1 saturated heterocycles. The first-order valence-corrected chi connectivity index (χ1v) is 4.58. The molecule has 2 N–H and O–H groups in total. The lowest BCUT2D eigenvalue weighted by molar-refractivity contribution is 0.0430. The van der Waals surface area contributed by atoms with Gasteiger partial charge in [-0.05, 0) is 20.3 Å². The Kier molecular flexibility index (Phi) is 2.55. The molecule has 1 fully saturated rings. The van der Waals surface area contributed by atoms with Crippen LogP contribution in [0.3, 0.4) is 0 Å². The highest BCUT2D eigenvalue weighted by molar-refractivity contribution is 4.97. The van der Waals surface area contributed by atoms with Gasteiger partial charge in [0.05, 0.1) is 0 Å². The van der Waals surface area contributed by atoms with Crippen molar-refractivity contribution in [2.45, 2.75) is 45.2 Å². The molecule has 0 radical (unpaired) electrons. The van der Waals surface area contributed by atoms with E-state index in [1.165, 1.54) is 12.8 Å². The van der Waals surface area contributed by atoms with Crippen LogP contribution in [0.25, 0.3) is 0 Å². The maximum Gasteiger partial charge on any atom is 0.0384 e. The van der Waals surface area contributed by atoms with Crippen LogP contribution >= 0.6 is 0 Å². The second kappa shape index (κ2) is 3.11. The molecule has 0 bridgehead atoms. The van der Waals surface area contributed by atoms with Gasteiger partial charge in [0, 0.05) is 24.7 Å². The summed E-state index contributed by atoms with van der Waals surface area (Å²) in [7, 11) is 0. The molecule has 1 aliphatic heterocycles. The maximum atomic E-state index is 5.90. The summed E-state index contributed by atoms with van der Waals surface area (Å²) in [6.07, 6.45) is 2.58. The Labute approximate surface area is 69.8 Å². The molecule has 1 rings (SSSR count). The molecule has 1 unspecified atom stereocenters. The molecule has 0 saturated carbocycles. The van der Waals surface area contributed by atoms with Crippen molar-refractivity contribution < 1.29 is 0 Å². The molecule has 0 aliphatic carbocycles. The lowest BCUT2D eigenvalue weighted by Crippen LogP contribution is -2.67. The molecule has 0 amide bonds. The highest BCUT2D eigenvalue weighted by Gasteiger charge is 2.36. The van der Waals surface area contributed by atoms with E-state index >= 15 is 0 Å². The van der Waals surface area contributed by atoms with Gasteiger partial charge in [-0.3, -0.25) is 4.90 Å². The Morgan fingerprint density at radius 1 is 1.55 bits per heavy atom. The molecular formula is C9H20N2. The van der Waals surface area contributed by atoms with E-state index in [1.54, 1.807) is 0 Å². The first-order valence-electron chi connectivity index (χ1n) is 4.58. The summed E-state index contributed by atoms with van der Waals surface area (Å²) in [6, 6.07) is 0.733. The van der Waals surface area contributed by atoms with Crippen LogP contribution in [0.1, 0.15) is 33.6 Å². The third kappa shape index (κ3) is 2.17. The molecule has 11 heavy (non-hydrogen) atoms. The summed E-state index contributed by atoms with van der Waals surface area (Å²) in [5.74, 6) is 0. The third-order valence-corrected chi connectivity index (χ3v) is 2.46. The van der Waals surface area contributed by atoms with Gasteiger partial charge in [-0.2, -0.15) is 0 Å². The molecular weight excluding hydrogens is 136 g/mol. The predicted molar refractivity (Wildman–Crippen MR) is 48.5 cm³/mol. The van der Waals surface area contributed by atoms with Crippen LogP contribution in [0, 0.1) is 0 Å². The normalized spacial score (nSPS) is 26.2. The molecule has 0 aromatic rings. The van der Waals surface area contributed by atoms with Crippen molar-refractivity contribution in [1.29, 1.82) is 0 Å². The molecule has 0 aromatic heterocycles. The Bertz CT molecular complexity index is 124. The average Bonchev–Trinajstić information content (AvgIpc) is 1.83. The zero-order valence-electron chi connectivity index (χ0n) is 7.93. The van der Waals surface area contributed by atoms with E-state index in [0.717, 1.165) is 19.1 Å². The highest BCUT2D eigenvalue weighted by Crippen LogP contribution is 2.21. The van der Waals surface area contributed by atoms with Crippen LogP contribution in [0.2, 0.25) is 0 Å². The topological polar surface area (TPSA) is 29.3 Å². The van der Waals surface area contributed by atoms with Crippen LogP contribution < -0.4 is 5.73 Å². The van der Waals surface area contributed by atoms with Gasteiger partial charge >= 0.3 is 0 Å². The summed E-state index contributed by atoms with van der Waals surface area (Å²) in [6.45, 7) is 8.81. The van der Waals surface area contributed by atoms with Crippen LogP contribution in [-0.4, -0.2) is 29.6 Å². The van der Waals surface area contributed by atoms with Gasteiger partial charge in [0.25, 0.3) is 0 Å². The van der Waals surface area contributed by atoms with Gasteiger partial charge in [-0.25, -0.2) is 0 Å². The lowest BCUT2D eigenvalue weighted by atomic mass is 9.91. The summed E-state index contributed by atoms with van der Waals surface area (Å²) in [4.78, 5) is 2.46. The fourth-order valence-electron chi connectivity index (χ4n) is 1.79. The quantitative estimate of drug-likeness (QED) is 0.665. The summed E-state index contributed by atoms with van der Waals surface area (Å²) >= 11 is 0. The number of hydrogen-bond donors (Lipinski definition) is 1. The fraction of sp³-hybridized carbons (Fsp3) is 1.00. The number of likely N-dealkylation sites (tertiary alicyclic amines) is 1. The highest BCUT2D eigenvalue weighted by atomic mass is 15.3. The van der Waals surface area contributed by atoms with Gasteiger partial charge in [-0.15, -0.1) is 0 Å². The monoisotopic (exact) mass is 156 g/mol. The predicted octanol–water partition coefficient (Wildman–Crippen LogP) is 1.21. The minimum atomic E-state index is 0.0992. The number of nitrogens with zero attached hydrogens (tertiary/aromatic N) is 1. The maximum absolute atomic E-state index is 5.90. The Balaban J connectivity index is 2.21. The third-order valence-electron chi connectivity index (χ3n) is 2.46. The first-order chi connectivity index (χ1) is 5.05. The van der Waals surface area contributed by atoms with Gasteiger partial charge < -0.3 is 5.73 Å². The van der Waals surface area contributed by atoms with Crippen molar-refractivity contribution >= 4 is 0 Å². The van der Waals surface area contributed by atoms with Crippen molar-refractivity contribution in [2.24, 2.45) is 5.73 Å². The second-order valence-electron chi connectivity index (χ2n) is 4.20. The number of nitrogens with two attached hydrogens (primary N) is 1. The van der Waals surface area contributed by atoms with E-state index in [4.69, 9.17) is 5.73 Å². The van der Waals surface area contributed by atoms with Gasteiger partial charge in [0.2, 0.25) is 0 Å². The molecule has 2 nitrogen and oxygen atoms in total. The van der Waals surface area contributed by atoms with Gasteiger partial charge in [-0.1, -0.05) is 13.3 Å². The van der Waals surface area contributed by atoms with Crippen LogP contribution in [-0.2, 0) is 0 Å². The van der Waals surface area contributed by atoms with Crippen LogP contribution in [0.15, 0.2) is 0 Å². The van der Waals surface area contributed by atoms with E-state index in [-0.39, 0.29) is 5.54 Å². The first kappa shape index (κ1) is 9.01. The van der Waals surface area contributed by atoms with E-state index in [9.17, 15) is 0 Å². The van der Waals surface area contributed by atoms with E-state index in [2.05, 4.69) is 25.7 Å². The molecule has 1 atom stereocenters. The van der Waals surface area contributed by atoms with Crippen molar-refractivity contribution in [3.63, 3.8) is 0 Å². The average molecular weight is 156 g/mol. The van der Waals surface area contributed by atoms with Crippen LogP contribution in [0.4, 0.5) is 0 Å². The molecule has 0 aromatic carbocycles. The van der Waals surface area contributed by atoms with Crippen molar-refractivity contribution in [1.82, 2.24) is 4.90 Å². The second-order valence-corrected chi connectivity index (χ2v) is 4.20. The van der Waals surface area contributed by atoms with E-state index < -0.39 is 0 Å². The molecule has 1 heterocycles. The van der Waals surface area contributed by atoms with E-state index in [0.29, 0.717) is 0 Å². The van der Waals surface area contributed by atoms with E-state index in [1.807, 2.05) is 0 Å². The Morgan fingerprint density at radius 2 is 2.09 bits per heavy atom. The van der Waals surface area contributed by atoms with Gasteiger partial charge in [0.1, 0.15) is 0 Å². The van der Waals surface area contributed by atoms with Crippen molar-refractivity contribution in [3.8, 4) is 0 Å². The minimum absolute atomic E-state index is 0.0992. The van der Waals surface area contributed by atoms with Crippen LogP contribution in [0.5, 0.6) is 0 Å². The molecule has 66 valence electrons. The number of hydrogen-bond acceptors (Lipinski definition) is 2. The molecule has 1 aliphatic rings. The summed E-state index contributed by atoms with van der Waals surface area (Å²) in [5, 5.41) is 0. The zero-order chi connectivity index (χ0) is 8.48. The minimum Gasteiger partial charge on any atom is -0.323 e. The van der Waals surface area contributed by atoms with Crippen molar-refractivity contribution in [3.05, 3.63) is 0 Å². The Morgan fingerprint density at radius 3 is 2.45 bits per heavy atom. The summed E-state index contributed by atoms with van der Waals surface area (Å²) in [5.41, 5.74) is 6.00. The SMILES string of the molecule is CCCC(C)N1CC(C)(N)C1. The largest absolute Gasteiger partial charge is 0.323 e.